The molecule has 4 N–H and O–H groups in total. The second-order valence-electron chi connectivity index (χ2n) is 16.8. The number of thioether (sulfide) groups is 3. The number of hydrogen-bond donors (Lipinski definition) is 4. The number of hydrogen-bond acceptors (Lipinski definition) is 23. The molecule has 0 aliphatic heterocycles. The van der Waals surface area contributed by atoms with E-state index in [1.54, 1.807) is 0 Å². The van der Waals surface area contributed by atoms with Crippen LogP contribution in [0.25, 0.3) is 0 Å². The van der Waals surface area contributed by atoms with E-state index in [0.29, 0.717) is 6.42 Å². The van der Waals surface area contributed by atoms with Crippen LogP contribution in [0.15, 0.2) is 0 Å². The molecular weight excluding hydrogens is 1500 g/mol. The smallest absolute Gasteiger partial charge is 0.550 e. The Morgan fingerprint density at radius 2 is 0.394 bits per heavy atom. The summed E-state index contributed by atoms with van der Waals surface area (Å²) >= 11 is 2.36. The summed E-state index contributed by atoms with van der Waals surface area (Å²) in [5.74, 6) is -14.0. The standard InChI is InChI=1S/C18H36O2.C9H18O2.C8H16O2.3C4H6O4S.3C2H4O2.8CH4.4Ca.2Zn/c1-2-3-4-5-6-7-8-9-10-11-12-13-14-15-16-17-18(19)20;1-2-3-4-5-6-7-8-9(10)11;1-2-3-4-5-6-7-8(9)10;3*5-3(6)1-9-2-4(7)8;3*1-2(3)4;;;;;;;;;;;;;;/h2-17H2,1H3,(H,19,20);2-8H2,1H3,(H,10,11);2-7H2,1H3,(H,9,10);3*1-2H2,(H,5,6)(H,7,8);3*1H3,(H,3,4);8*1H4;;;;;;/q;;;;;;;;;;;;;;;;;4*+2;;/p-8. The summed E-state index contributed by atoms with van der Waals surface area (Å²) < 4.78 is 0. The van der Waals surface area contributed by atoms with E-state index in [9.17, 15) is 73.8 Å². The van der Waals surface area contributed by atoms with Crippen molar-refractivity contribution in [3.05, 3.63) is 0 Å². The maximum Gasteiger partial charge on any atom is 2.00 e. The van der Waals surface area contributed by atoms with E-state index in [1.807, 2.05) is 0 Å². The van der Waals surface area contributed by atoms with Crippen LogP contribution in [0.3, 0.4) is 0 Å². The first-order chi connectivity index (χ1) is 37.4. The van der Waals surface area contributed by atoms with Crippen LogP contribution in [0.1, 0.15) is 287 Å². The Balaban J connectivity index is -0.0000000293. The Hall–Kier alpha value is 0.976. The van der Waals surface area contributed by atoms with Gasteiger partial charge in [0.05, 0.1) is 35.4 Å². The molecule has 0 amide bonds. The molecule has 0 radical (unpaired) electrons. The van der Waals surface area contributed by atoms with Crippen molar-refractivity contribution in [2.45, 2.75) is 287 Å². The van der Waals surface area contributed by atoms with Gasteiger partial charge in [0, 0.05) is 99.2 Å². The van der Waals surface area contributed by atoms with Gasteiger partial charge in [-0.3, -0.25) is 19.2 Å². The SMILES string of the molecule is C.C.C.C.C.C.C.C.CC(=O)O.CC(=O)[O-].CC(=O)[O-].CCCCCCCC(=O)[O-].CCCCCCCCC(=O)[O-].CCCCCCCCCCCCCCCCCC(=O)O.O=C(O)CSCC(=O)O.O=C([O-])CSCC(=O)[O-].O=C([O-])CSCC(=O)[O-].[Ca+2].[Ca+2].[Ca+2].[Ca+2].[Zn].[Zn]. The van der Waals surface area contributed by atoms with Crippen molar-refractivity contribution in [2.24, 2.45) is 0 Å². The Kier molecular flexibility index (Phi) is 249. The topological polar surface area (TPSA) is 470 Å². The van der Waals surface area contributed by atoms with Crippen LogP contribution >= 0.6 is 35.3 Å². The number of unbranched alkanes of at least 4 members (excludes halogenated alkanes) is 23. The Morgan fingerprint density at radius 3 is 0.521 bits per heavy atom. The number of rotatable bonds is 41. The van der Waals surface area contributed by atoms with Crippen LogP contribution in [0, 0.1) is 0 Å². The van der Waals surface area contributed by atoms with Crippen LogP contribution in [0.5, 0.6) is 0 Å². The Labute approximate surface area is 727 Å². The fraction of sp³-hybridized carbons (Fsp3) is 0.803. The molecule has 0 aromatic heterocycles. The zero-order valence-electron chi connectivity index (χ0n) is 52.2. The van der Waals surface area contributed by atoms with Crippen molar-refractivity contribution >= 4 is 258 Å². The number of carbonyl (C=O) groups excluding carboxylic acids is 8. The monoisotopic (exact) mass is 1620 g/mol. The van der Waals surface area contributed by atoms with Gasteiger partial charge >= 0.3 is 169 Å². The van der Waals surface area contributed by atoms with Gasteiger partial charge in [0.1, 0.15) is 0 Å². The first-order valence-corrected chi connectivity index (χ1v) is 30.0. The van der Waals surface area contributed by atoms with Crippen molar-refractivity contribution in [1.29, 1.82) is 0 Å². The van der Waals surface area contributed by atoms with Crippen LogP contribution in [-0.2, 0) is 96.5 Å². The molecule has 0 rings (SSSR count). The largest absolute Gasteiger partial charge is 2.00 e. The van der Waals surface area contributed by atoms with Gasteiger partial charge in [-0.1, -0.05) is 228 Å². The summed E-state index contributed by atoms with van der Waals surface area (Å²) in [5.41, 5.74) is 0. The number of carboxylic acids is 12. The van der Waals surface area contributed by atoms with E-state index < -0.39 is 71.6 Å². The molecule has 0 aliphatic rings. The molecule has 0 saturated heterocycles. The van der Waals surface area contributed by atoms with E-state index >= 15 is 0 Å². The molecule has 0 atom stereocenters. The number of carboxylic acid groups (broad SMARTS) is 12. The van der Waals surface area contributed by atoms with E-state index in [2.05, 4.69) is 20.8 Å². The van der Waals surface area contributed by atoms with Crippen LogP contribution in [0.4, 0.5) is 0 Å². The molecule has 0 saturated carbocycles. The maximum absolute atomic E-state index is 10.3. The third-order valence-electron chi connectivity index (χ3n) is 8.54. The van der Waals surface area contributed by atoms with E-state index in [1.165, 1.54) is 122 Å². The average molecular weight is 1630 g/mol. The average Bonchev–Trinajstić information content (AvgIpc) is 3.31. The molecular formula is C61H124Ca4O24S3Zn2. The van der Waals surface area contributed by atoms with Gasteiger partial charge in [0.25, 0.3) is 5.97 Å². The van der Waals surface area contributed by atoms with E-state index in [-0.39, 0.29) is 297 Å². The van der Waals surface area contributed by atoms with Crippen molar-refractivity contribution in [2.75, 3.05) is 34.5 Å². The summed E-state index contributed by atoms with van der Waals surface area (Å²) in [7, 11) is 0. The van der Waals surface area contributed by atoms with E-state index in [4.69, 9.17) is 45.0 Å². The minimum Gasteiger partial charge on any atom is -0.550 e. The van der Waals surface area contributed by atoms with Crippen molar-refractivity contribution in [3.8, 4) is 0 Å². The van der Waals surface area contributed by atoms with Gasteiger partial charge in [-0.2, -0.15) is 0 Å². The molecule has 0 bridgehead atoms. The number of carbonyl (C=O) groups is 12. The van der Waals surface area contributed by atoms with E-state index in [0.717, 1.165) is 101 Å². The second kappa shape index (κ2) is 145. The molecule has 0 fully saturated rings. The molecule has 33 heteroatoms. The van der Waals surface area contributed by atoms with Crippen LogP contribution in [-0.4, -0.2) is 278 Å². The predicted molar refractivity (Wildman–Crippen MR) is 367 cm³/mol. The predicted octanol–water partition coefficient (Wildman–Crippen LogP) is 4.41. The molecule has 0 aromatic rings. The molecule has 0 aliphatic carbocycles. The van der Waals surface area contributed by atoms with Gasteiger partial charge in [-0.05, 0) is 46.0 Å². The third-order valence-corrected chi connectivity index (χ3v) is 11.2. The maximum atomic E-state index is 10.3. The molecule has 24 nitrogen and oxygen atoms in total. The zero-order chi connectivity index (χ0) is 63.8. The molecule has 542 valence electrons. The molecule has 0 heterocycles. The minimum atomic E-state index is -1.26. The van der Waals surface area contributed by atoms with Crippen LogP contribution in [0.2, 0.25) is 0 Å². The van der Waals surface area contributed by atoms with Gasteiger partial charge in [-0.15, -0.1) is 35.3 Å². The first-order valence-electron chi connectivity index (χ1n) is 26.5. The third kappa shape index (κ3) is 303. The first kappa shape index (κ1) is 162. The summed E-state index contributed by atoms with van der Waals surface area (Å²) in [6.45, 7) is 9.60. The van der Waals surface area contributed by atoms with Crippen LogP contribution < -0.4 is 40.9 Å². The fourth-order valence-corrected chi connectivity index (χ4v) is 6.55. The summed E-state index contributed by atoms with van der Waals surface area (Å²) in [6, 6.07) is 0. The quantitative estimate of drug-likeness (QED) is 0.0486. The van der Waals surface area contributed by atoms with Gasteiger partial charge < -0.3 is 99.6 Å². The van der Waals surface area contributed by atoms with Crippen molar-refractivity contribution < 1.29 is 158 Å². The summed E-state index contributed by atoms with van der Waals surface area (Å²) in [5, 5.41) is 108. The molecule has 94 heavy (non-hydrogen) atoms. The zero-order valence-corrected chi connectivity index (χ0v) is 69.4. The molecule has 0 aromatic carbocycles. The van der Waals surface area contributed by atoms with Crippen molar-refractivity contribution in [1.82, 2.24) is 0 Å². The molecule has 0 unspecified atom stereocenters. The van der Waals surface area contributed by atoms with Gasteiger partial charge in [-0.25, -0.2) is 0 Å². The normalized spacial score (nSPS) is 7.85. The molecule has 0 spiro atoms. The minimum absolute atomic E-state index is 0. The van der Waals surface area contributed by atoms with Gasteiger partial charge in [0.2, 0.25) is 0 Å². The van der Waals surface area contributed by atoms with Crippen molar-refractivity contribution in [3.63, 3.8) is 0 Å². The Bertz CT molecular complexity index is 1420. The van der Waals surface area contributed by atoms with Gasteiger partial charge in [0.15, 0.2) is 0 Å². The second-order valence-corrected chi connectivity index (χ2v) is 19.7. The number of aliphatic carboxylic acids is 12. The summed E-state index contributed by atoms with van der Waals surface area (Å²) in [6.07, 6.45) is 32.8. The Morgan fingerprint density at radius 1 is 0.255 bits per heavy atom. The summed E-state index contributed by atoms with van der Waals surface area (Å²) in [4.78, 5) is 115. The fourth-order valence-electron chi connectivity index (χ4n) is 5.23.